The van der Waals surface area contributed by atoms with Crippen LogP contribution in [0.1, 0.15) is 55.7 Å². The van der Waals surface area contributed by atoms with Crippen molar-refractivity contribution in [1.29, 1.82) is 0 Å². The first-order valence-electron chi connectivity index (χ1n) is 6.80. The fourth-order valence-electron chi connectivity index (χ4n) is 1.89. The van der Waals surface area contributed by atoms with Gasteiger partial charge in [0.2, 0.25) is 0 Å². The van der Waals surface area contributed by atoms with E-state index in [1.165, 1.54) is 0 Å². The first kappa shape index (κ1) is 14.2. The van der Waals surface area contributed by atoms with Crippen molar-refractivity contribution in [3.05, 3.63) is 41.9 Å². The summed E-state index contributed by atoms with van der Waals surface area (Å²) < 4.78 is 1.77. The van der Waals surface area contributed by atoms with Gasteiger partial charge in [0, 0.05) is 24.0 Å². The predicted octanol–water partition coefficient (Wildman–Crippen LogP) is 3.23. The van der Waals surface area contributed by atoms with E-state index in [4.69, 9.17) is 0 Å². The van der Waals surface area contributed by atoms with E-state index in [-0.39, 0.29) is 11.9 Å². The second-order valence-corrected chi connectivity index (χ2v) is 5.34. The molecule has 0 saturated carbocycles. The molecule has 2 aromatic rings. The zero-order chi connectivity index (χ0) is 14.7. The van der Waals surface area contributed by atoms with E-state index < -0.39 is 0 Å². The summed E-state index contributed by atoms with van der Waals surface area (Å²) in [5.41, 5.74) is 1.53. The molecular weight excluding hydrogens is 252 g/mol. The van der Waals surface area contributed by atoms with E-state index in [1.54, 1.807) is 29.2 Å². The zero-order valence-corrected chi connectivity index (χ0v) is 12.3. The maximum atomic E-state index is 12.2. The summed E-state index contributed by atoms with van der Waals surface area (Å²) in [6.45, 7) is 8.18. The van der Waals surface area contributed by atoms with Gasteiger partial charge >= 0.3 is 0 Å². The molecule has 0 atom stereocenters. The largest absolute Gasteiger partial charge is 0.307 e. The van der Waals surface area contributed by atoms with Crippen LogP contribution in [-0.2, 0) is 0 Å². The average molecular weight is 272 g/mol. The lowest BCUT2D eigenvalue weighted by Gasteiger charge is -2.12. The number of hydrogen-bond acceptors (Lipinski definition) is 3. The molecular formula is C15H20N4O. The lowest BCUT2D eigenvalue weighted by molar-refractivity contribution is 0.102. The van der Waals surface area contributed by atoms with E-state index in [9.17, 15) is 4.79 Å². The molecule has 0 radical (unpaired) electrons. The van der Waals surface area contributed by atoms with Crippen molar-refractivity contribution in [3.8, 4) is 0 Å². The molecule has 0 spiro atoms. The average Bonchev–Trinajstić information content (AvgIpc) is 2.87. The smallest absolute Gasteiger partial charge is 0.258 e. The van der Waals surface area contributed by atoms with E-state index >= 15 is 0 Å². The lowest BCUT2D eigenvalue weighted by atomic mass is 10.1. The van der Waals surface area contributed by atoms with Gasteiger partial charge in [-0.25, -0.2) is 4.68 Å². The molecule has 0 aliphatic carbocycles. The van der Waals surface area contributed by atoms with Crippen LogP contribution in [0, 0.1) is 0 Å². The van der Waals surface area contributed by atoms with E-state index in [2.05, 4.69) is 29.2 Å². The van der Waals surface area contributed by atoms with Gasteiger partial charge in [-0.3, -0.25) is 9.78 Å². The molecule has 2 heterocycles. The number of carbonyl (C=O) groups excluding carboxylic acids is 1. The van der Waals surface area contributed by atoms with Gasteiger partial charge in [0.1, 0.15) is 5.82 Å². The number of nitrogens with zero attached hydrogens (tertiary/aromatic N) is 3. The van der Waals surface area contributed by atoms with Crippen molar-refractivity contribution in [2.75, 3.05) is 5.32 Å². The second-order valence-electron chi connectivity index (χ2n) is 5.34. The molecule has 1 amide bonds. The van der Waals surface area contributed by atoms with Gasteiger partial charge in [0.05, 0.1) is 11.8 Å². The number of hydrogen-bond donors (Lipinski definition) is 1. The van der Waals surface area contributed by atoms with Crippen LogP contribution < -0.4 is 5.32 Å². The topological polar surface area (TPSA) is 59.8 Å². The minimum Gasteiger partial charge on any atom is -0.307 e. The van der Waals surface area contributed by atoms with Crippen LogP contribution in [0.3, 0.4) is 0 Å². The number of aromatic nitrogens is 3. The highest BCUT2D eigenvalue weighted by Gasteiger charge is 2.12. The van der Waals surface area contributed by atoms with Gasteiger partial charge in [0.25, 0.3) is 5.91 Å². The molecule has 0 fully saturated rings. The molecule has 0 aliphatic heterocycles. The van der Waals surface area contributed by atoms with Gasteiger partial charge in [0.15, 0.2) is 0 Å². The van der Waals surface area contributed by atoms with Crippen LogP contribution in [-0.4, -0.2) is 20.7 Å². The van der Waals surface area contributed by atoms with Gasteiger partial charge in [-0.05, 0) is 31.9 Å². The number of rotatable bonds is 4. The fourth-order valence-corrected chi connectivity index (χ4v) is 1.89. The quantitative estimate of drug-likeness (QED) is 0.929. The van der Waals surface area contributed by atoms with Crippen molar-refractivity contribution in [3.63, 3.8) is 0 Å². The van der Waals surface area contributed by atoms with Crippen molar-refractivity contribution in [2.45, 2.75) is 39.7 Å². The second kappa shape index (κ2) is 5.86. The Hall–Kier alpha value is -2.17. The fraction of sp³-hybridized carbons (Fsp3) is 0.400. The van der Waals surface area contributed by atoms with Gasteiger partial charge in [-0.15, -0.1) is 0 Å². The molecule has 0 unspecified atom stereocenters. The van der Waals surface area contributed by atoms with E-state index in [1.807, 2.05) is 19.9 Å². The maximum Gasteiger partial charge on any atom is 0.258 e. The number of anilines is 1. The summed E-state index contributed by atoms with van der Waals surface area (Å²) in [5.74, 6) is 0.877. The number of nitrogens with one attached hydrogen (secondary N) is 1. The minimum atomic E-state index is -0.171. The van der Waals surface area contributed by atoms with Crippen LogP contribution in [0.5, 0.6) is 0 Å². The van der Waals surface area contributed by atoms with Crippen molar-refractivity contribution in [1.82, 2.24) is 14.8 Å². The Labute approximate surface area is 119 Å². The van der Waals surface area contributed by atoms with Crippen LogP contribution in [0.4, 0.5) is 5.82 Å². The van der Waals surface area contributed by atoms with E-state index in [0.717, 1.165) is 5.69 Å². The van der Waals surface area contributed by atoms with Gasteiger partial charge < -0.3 is 5.32 Å². The lowest BCUT2D eigenvalue weighted by Crippen LogP contribution is -2.17. The van der Waals surface area contributed by atoms with Crippen molar-refractivity contribution in [2.24, 2.45) is 0 Å². The SMILES string of the molecule is CC(C)c1ccc(C(=O)Nc2ccnn2C(C)C)cn1. The molecule has 2 aromatic heterocycles. The number of pyridine rings is 1. The van der Waals surface area contributed by atoms with Crippen LogP contribution >= 0.6 is 0 Å². The third-order valence-electron chi connectivity index (χ3n) is 3.04. The Morgan fingerprint density at radius 3 is 2.50 bits per heavy atom. The predicted molar refractivity (Wildman–Crippen MR) is 78.9 cm³/mol. The molecule has 20 heavy (non-hydrogen) atoms. The Kier molecular flexibility index (Phi) is 4.17. The minimum absolute atomic E-state index is 0.171. The first-order valence-corrected chi connectivity index (χ1v) is 6.80. The maximum absolute atomic E-state index is 12.2. The first-order chi connectivity index (χ1) is 9.49. The Morgan fingerprint density at radius 2 is 1.95 bits per heavy atom. The van der Waals surface area contributed by atoms with Gasteiger partial charge in [-0.1, -0.05) is 13.8 Å². The molecule has 5 heteroatoms. The molecule has 0 aliphatic rings. The summed E-state index contributed by atoms with van der Waals surface area (Å²) in [5, 5.41) is 7.04. The standard InChI is InChI=1S/C15H20N4O/c1-10(2)13-6-5-12(9-16-13)15(20)18-14-7-8-17-19(14)11(3)4/h5-11H,1-4H3,(H,18,20). The van der Waals surface area contributed by atoms with Crippen LogP contribution in [0.15, 0.2) is 30.6 Å². The molecule has 0 saturated heterocycles. The Balaban J connectivity index is 2.13. The van der Waals surface area contributed by atoms with Crippen molar-refractivity contribution >= 4 is 11.7 Å². The number of carbonyl (C=O) groups is 1. The Morgan fingerprint density at radius 1 is 1.20 bits per heavy atom. The third-order valence-corrected chi connectivity index (χ3v) is 3.04. The summed E-state index contributed by atoms with van der Waals surface area (Å²) in [6.07, 6.45) is 3.29. The van der Waals surface area contributed by atoms with Crippen LogP contribution in [0.25, 0.3) is 0 Å². The van der Waals surface area contributed by atoms with Gasteiger partial charge in [-0.2, -0.15) is 5.10 Å². The molecule has 106 valence electrons. The highest BCUT2D eigenvalue weighted by atomic mass is 16.1. The van der Waals surface area contributed by atoms with Crippen LogP contribution in [0.2, 0.25) is 0 Å². The molecule has 0 bridgehead atoms. The highest BCUT2D eigenvalue weighted by molar-refractivity contribution is 6.03. The number of amides is 1. The molecule has 0 aromatic carbocycles. The summed E-state index contributed by atoms with van der Waals surface area (Å²) in [7, 11) is 0. The molecule has 5 nitrogen and oxygen atoms in total. The normalized spacial score (nSPS) is 11.1. The summed E-state index contributed by atoms with van der Waals surface area (Å²) >= 11 is 0. The monoisotopic (exact) mass is 272 g/mol. The Bertz CT molecular complexity index is 584. The summed E-state index contributed by atoms with van der Waals surface area (Å²) in [6, 6.07) is 5.67. The molecule has 1 N–H and O–H groups in total. The van der Waals surface area contributed by atoms with Crippen molar-refractivity contribution < 1.29 is 4.79 Å². The summed E-state index contributed by atoms with van der Waals surface area (Å²) in [4.78, 5) is 16.5. The highest BCUT2D eigenvalue weighted by Crippen LogP contribution is 2.15. The zero-order valence-electron chi connectivity index (χ0n) is 12.3. The third kappa shape index (κ3) is 3.04. The molecule has 2 rings (SSSR count). The van der Waals surface area contributed by atoms with E-state index in [0.29, 0.717) is 17.3 Å².